The van der Waals surface area contributed by atoms with Gasteiger partial charge in [0.2, 0.25) is 0 Å². The SMILES string of the molecule is COCCSC1CCC(=O)C1. The Kier molecular flexibility index (Phi) is 3.94. The van der Waals surface area contributed by atoms with E-state index in [1.165, 1.54) is 0 Å². The Bertz CT molecular complexity index is 136. The molecular formula is C8H14O2S. The molecule has 3 heteroatoms. The number of ether oxygens (including phenoxy) is 1. The molecule has 2 nitrogen and oxygen atoms in total. The summed E-state index contributed by atoms with van der Waals surface area (Å²) in [6.07, 6.45) is 2.66. The van der Waals surface area contributed by atoms with Crippen molar-refractivity contribution in [2.45, 2.75) is 24.5 Å². The number of carbonyl (C=O) groups excluding carboxylic acids is 1. The molecule has 1 aliphatic carbocycles. The molecule has 11 heavy (non-hydrogen) atoms. The molecule has 1 fully saturated rings. The normalized spacial score (nSPS) is 24.5. The second-order valence-electron chi connectivity index (χ2n) is 2.77. The maximum absolute atomic E-state index is 10.8. The van der Waals surface area contributed by atoms with E-state index >= 15 is 0 Å². The second-order valence-corrected chi connectivity index (χ2v) is 4.18. The Morgan fingerprint density at radius 3 is 3.09 bits per heavy atom. The van der Waals surface area contributed by atoms with Crippen LogP contribution in [0.1, 0.15) is 19.3 Å². The van der Waals surface area contributed by atoms with Crippen LogP contribution in [0.2, 0.25) is 0 Å². The summed E-state index contributed by atoms with van der Waals surface area (Å²) in [5.41, 5.74) is 0. The highest BCUT2D eigenvalue weighted by Gasteiger charge is 2.21. The molecule has 0 heterocycles. The van der Waals surface area contributed by atoms with E-state index in [2.05, 4.69) is 0 Å². The molecule has 64 valence electrons. The van der Waals surface area contributed by atoms with Gasteiger partial charge >= 0.3 is 0 Å². The van der Waals surface area contributed by atoms with Crippen molar-refractivity contribution >= 4 is 17.5 Å². The summed E-state index contributed by atoms with van der Waals surface area (Å²) >= 11 is 1.87. The van der Waals surface area contributed by atoms with E-state index in [1.54, 1.807) is 7.11 Å². The van der Waals surface area contributed by atoms with E-state index in [0.717, 1.165) is 31.6 Å². The smallest absolute Gasteiger partial charge is 0.134 e. The first-order valence-corrected chi connectivity index (χ1v) is 5.00. The van der Waals surface area contributed by atoms with E-state index in [0.29, 0.717) is 11.0 Å². The molecule has 0 aromatic rings. The van der Waals surface area contributed by atoms with Gasteiger partial charge in [0, 0.05) is 31.0 Å². The number of hydrogen-bond acceptors (Lipinski definition) is 3. The van der Waals surface area contributed by atoms with Crippen LogP contribution in [0, 0.1) is 0 Å². The topological polar surface area (TPSA) is 26.3 Å². The molecule has 1 aliphatic rings. The van der Waals surface area contributed by atoms with Crippen molar-refractivity contribution in [1.29, 1.82) is 0 Å². The van der Waals surface area contributed by atoms with Crippen LogP contribution in [0.15, 0.2) is 0 Å². The van der Waals surface area contributed by atoms with Gasteiger partial charge in [-0.2, -0.15) is 11.8 Å². The van der Waals surface area contributed by atoms with Crippen molar-refractivity contribution in [2.75, 3.05) is 19.5 Å². The average Bonchev–Trinajstić information content (AvgIpc) is 2.37. The minimum absolute atomic E-state index is 0.430. The van der Waals surface area contributed by atoms with Crippen LogP contribution < -0.4 is 0 Å². The highest BCUT2D eigenvalue weighted by Crippen LogP contribution is 2.26. The van der Waals surface area contributed by atoms with E-state index in [1.807, 2.05) is 11.8 Å². The summed E-state index contributed by atoms with van der Waals surface area (Å²) in [4.78, 5) is 10.8. The predicted octanol–water partition coefficient (Wildman–Crippen LogP) is 1.49. The first-order valence-electron chi connectivity index (χ1n) is 3.95. The third kappa shape index (κ3) is 3.25. The van der Waals surface area contributed by atoms with Crippen LogP contribution in [-0.2, 0) is 9.53 Å². The van der Waals surface area contributed by atoms with E-state index < -0.39 is 0 Å². The lowest BCUT2D eigenvalue weighted by Gasteiger charge is -2.05. The molecule has 0 radical (unpaired) electrons. The molecule has 0 aromatic carbocycles. The van der Waals surface area contributed by atoms with Gasteiger partial charge in [-0.3, -0.25) is 4.79 Å². The lowest BCUT2D eigenvalue weighted by atomic mass is 10.4. The Morgan fingerprint density at radius 1 is 1.73 bits per heavy atom. The quantitative estimate of drug-likeness (QED) is 0.604. The fraction of sp³-hybridized carbons (Fsp3) is 0.875. The third-order valence-electron chi connectivity index (χ3n) is 1.84. The second kappa shape index (κ2) is 4.78. The molecule has 0 aromatic heterocycles. The summed E-state index contributed by atoms with van der Waals surface area (Å²) in [6.45, 7) is 0.801. The molecule has 0 saturated heterocycles. The van der Waals surface area contributed by atoms with Crippen LogP contribution in [-0.4, -0.2) is 30.5 Å². The van der Waals surface area contributed by atoms with Crippen LogP contribution in [0.4, 0.5) is 0 Å². The highest BCUT2D eigenvalue weighted by molar-refractivity contribution is 7.99. The molecule has 0 N–H and O–H groups in total. The zero-order valence-corrected chi connectivity index (χ0v) is 7.65. The summed E-state index contributed by atoms with van der Waals surface area (Å²) in [5, 5.41) is 0.581. The predicted molar refractivity (Wildman–Crippen MR) is 47.0 cm³/mol. The van der Waals surface area contributed by atoms with Crippen molar-refractivity contribution in [3.63, 3.8) is 0 Å². The monoisotopic (exact) mass is 174 g/mol. The molecule has 0 amide bonds. The Labute approximate surface area is 71.7 Å². The van der Waals surface area contributed by atoms with Crippen LogP contribution >= 0.6 is 11.8 Å². The standard InChI is InChI=1S/C8H14O2S/c1-10-4-5-11-8-3-2-7(9)6-8/h8H,2-6H2,1H3. The molecule has 1 rings (SSSR count). The summed E-state index contributed by atoms with van der Waals surface area (Å²) in [7, 11) is 1.71. The van der Waals surface area contributed by atoms with E-state index in [9.17, 15) is 4.79 Å². The Balaban J connectivity index is 2.04. The van der Waals surface area contributed by atoms with E-state index in [-0.39, 0.29) is 0 Å². The fourth-order valence-electron chi connectivity index (χ4n) is 1.22. The summed E-state index contributed by atoms with van der Waals surface area (Å²) in [6, 6.07) is 0. The van der Waals surface area contributed by atoms with Crippen LogP contribution in [0.5, 0.6) is 0 Å². The molecule has 0 bridgehead atoms. The summed E-state index contributed by atoms with van der Waals surface area (Å²) in [5.74, 6) is 1.45. The zero-order valence-electron chi connectivity index (χ0n) is 6.84. The Hall–Kier alpha value is -0.0200. The zero-order chi connectivity index (χ0) is 8.10. The fourth-order valence-corrected chi connectivity index (χ4v) is 2.40. The number of methoxy groups -OCH3 is 1. The summed E-state index contributed by atoms with van der Waals surface area (Å²) < 4.78 is 4.92. The number of hydrogen-bond donors (Lipinski definition) is 0. The van der Waals surface area contributed by atoms with Gasteiger partial charge in [-0.15, -0.1) is 0 Å². The van der Waals surface area contributed by atoms with Crippen molar-refractivity contribution in [2.24, 2.45) is 0 Å². The lowest BCUT2D eigenvalue weighted by Crippen LogP contribution is -2.01. The maximum atomic E-state index is 10.8. The van der Waals surface area contributed by atoms with Gasteiger partial charge in [0.1, 0.15) is 5.78 Å². The van der Waals surface area contributed by atoms with Gasteiger partial charge in [-0.1, -0.05) is 0 Å². The number of rotatable bonds is 4. The molecule has 1 unspecified atom stereocenters. The molecule has 1 atom stereocenters. The molecule has 0 aliphatic heterocycles. The van der Waals surface area contributed by atoms with Gasteiger partial charge in [-0.25, -0.2) is 0 Å². The number of ketones is 1. The molecule has 1 saturated carbocycles. The van der Waals surface area contributed by atoms with Crippen LogP contribution in [0.25, 0.3) is 0 Å². The minimum Gasteiger partial charge on any atom is -0.384 e. The van der Waals surface area contributed by atoms with Crippen molar-refractivity contribution in [1.82, 2.24) is 0 Å². The lowest BCUT2D eigenvalue weighted by molar-refractivity contribution is -0.117. The first-order chi connectivity index (χ1) is 5.33. The first kappa shape index (κ1) is 9.07. The van der Waals surface area contributed by atoms with Gasteiger partial charge in [0.25, 0.3) is 0 Å². The highest BCUT2D eigenvalue weighted by atomic mass is 32.2. The van der Waals surface area contributed by atoms with Gasteiger partial charge in [0.05, 0.1) is 6.61 Å². The average molecular weight is 174 g/mol. The largest absolute Gasteiger partial charge is 0.384 e. The van der Waals surface area contributed by atoms with Gasteiger partial charge in [-0.05, 0) is 6.42 Å². The van der Waals surface area contributed by atoms with Crippen LogP contribution in [0.3, 0.4) is 0 Å². The minimum atomic E-state index is 0.430. The molecule has 0 spiro atoms. The van der Waals surface area contributed by atoms with Crippen molar-refractivity contribution < 1.29 is 9.53 Å². The number of Topliss-reactive ketones (excluding diaryl/α,β-unsaturated/α-hetero) is 1. The number of thioether (sulfide) groups is 1. The number of carbonyl (C=O) groups is 1. The maximum Gasteiger partial charge on any atom is 0.134 e. The van der Waals surface area contributed by atoms with Crippen molar-refractivity contribution in [3.05, 3.63) is 0 Å². The van der Waals surface area contributed by atoms with E-state index in [4.69, 9.17) is 4.74 Å². The third-order valence-corrected chi connectivity index (χ3v) is 3.12. The van der Waals surface area contributed by atoms with Gasteiger partial charge in [0.15, 0.2) is 0 Å². The van der Waals surface area contributed by atoms with Crippen molar-refractivity contribution in [3.8, 4) is 0 Å². The Morgan fingerprint density at radius 2 is 2.55 bits per heavy atom. The molecular weight excluding hydrogens is 160 g/mol. The van der Waals surface area contributed by atoms with Gasteiger partial charge < -0.3 is 4.74 Å².